The van der Waals surface area contributed by atoms with E-state index in [1.807, 2.05) is 24.3 Å². The van der Waals surface area contributed by atoms with Gasteiger partial charge in [0.05, 0.1) is 6.10 Å². The van der Waals surface area contributed by atoms with E-state index in [1.165, 1.54) is 0 Å². The number of aliphatic hydroxyl groups is 1. The van der Waals surface area contributed by atoms with Crippen molar-refractivity contribution in [2.75, 3.05) is 26.2 Å². The molecule has 0 atom stereocenters. The average molecular weight is 336 g/mol. The van der Waals surface area contributed by atoms with Crippen LogP contribution in [0.4, 0.5) is 0 Å². The minimum Gasteiger partial charge on any atom is -0.393 e. The Morgan fingerprint density at radius 1 is 1.35 bits per heavy atom. The van der Waals surface area contributed by atoms with E-state index in [0.29, 0.717) is 17.3 Å². The first kappa shape index (κ1) is 16.3. The summed E-state index contributed by atoms with van der Waals surface area (Å²) in [7, 11) is 0. The summed E-state index contributed by atoms with van der Waals surface area (Å²) in [4.78, 5) is 17.6. The molecule has 1 aliphatic rings. The Kier molecular flexibility index (Phi) is 5.20. The fourth-order valence-corrected chi connectivity index (χ4v) is 3.14. The largest absolute Gasteiger partial charge is 0.393 e. The van der Waals surface area contributed by atoms with Crippen LogP contribution in [0.25, 0.3) is 10.9 Å². The number of amides is 1. The zero-order valence-electron chi connectivity index (χ0n) is 13.0. The van der Waals surface area contributed by atoms with Crippen LogP contribution in [0.15, 0.2) is 24.3 Å². The number of likely N-dealkylation sites (tertiary alicyclic amines) is 1. The van der Waals surface area contributed by atoms with Crippen molar-refractivity contribution < 1.29 is 9.90 Å². The van der Waals surface area contributed by atoms with Crippen LogP contribution in [-0.4, -0.2) is 53.2 Å². The fraction of sp³-hybridized carbons (Fsp3) is 0.471. The van der Waals surface area contributed by atoms with Gasteiger partial charge in [-0.25, -0.2) is 0 Å². The van der Waals surface area contributed by atoms with Crippen molar-refractivity contribution in [2.24, 2.45) is 0 Å². The smallest absolute Gasteiger partial charge is 0.267 e. The lowest BCUT2D eigenvalue weighted by Gasteiger charge is -2.29. The molecule has 6 heteroatoms. The monoisotopic (exact) mass is 335 g/mol. The number of nitrogens with zero attached hydrogens (tertiary/aromatic N) is 1. The van der Waals surface area contributed by atoms with Gasteiger partial charge in [-0.05, 0) is 44.0 Å². The molecule has 0 radical (unpaired) electrons. The van der Waals surface area contributed by atoms with Crippen LogP contribution in [0.1, 0.15) is 29.8 Å². The predicted molar refractivity (Wildman–Crippen MR) is 91.9 cm³/mol. The van der Waals surface area contributed by atoms with Gasteiger partial charge in [-0.15, -0.1) is 0 Å². The highest BCUT2D eigenvalue weighted by Crippen LogP contribution is 2.19. The summed E-state index contributed by atoms with van der Waals surface area (Å²) in [5.74, 6) is -0.0913. The molecule has 2 aromatic rings. The lowest BCUT2D eigenvalue weighted by molar-refractivity contribution is 0.0816. The van der Waals surface area contributed by atoms with Crippen molar-refractivity contribution in [3.63, 3.8) is 0 Å². The molecule has 3 N–H and O–H groups in total. The van der Waals surface area contributed by atoms with Crippen molar-refractivity contribution in [2.45, 2.75) is 25.4 Å². The summed E-state index contributed by atoms with van der Waals surface area (Å²) < 4.78 is 0. The number of nitrogens with one attached hydrogen (secondary N) is 2. The zero-order valence-corrected chi connectivity index (χ0v) is 13.8. The van der Waals surface area contributed by atoms with Gasteiger partial charge in [0.2, 0.25) is 0 Å². The van der Waals surface area contributed by atoms with Gasteiger partial charge in [0.1, 0.15) is 5.69 Å². The minimum atomic E-state index is -0.138. The molecule has 3 rings (SSSR count). The van der Waals surface area contributed by atoms with Crippen LogP contribution in [0.5, 0.6) is 0 Å². The van der Waals surface area contributed by atoms with Crippen LogP contribution >= 0.6 is 11.6 Å². The number of piperidine rings is 1. The average Bonchev–Trinajstić information content (AvgIpc) is 2.96. The summed E-state index contributed by atoms with van der Waals surface area (Å²) in [5.41, 5.74) is 1.43. The molecule has 1 saturated heterocycles. The molecule has 1 aliphatic heterocycles. The maximum Gasteiger partial charge on any atom is 0.267 e. The van der Waals surface area contributed by atoms with Crippen LogP contribution in [0.3, 0.4) is 0 Å². The van der Waals surface area contributed by atoms with Gasteiger partial charge >= 0.3 is 0 Å². The number of rotatable bonds is 5. The number of hydrogen-bond donors (Lipinski definition) is 3. The summed E-state index contributed by atoms with van der Waals surface area (Å²) in [6, 6.07) is 7.37. The molecule has 0 unspecified atom stereocenters. The van der Waals surface area contributed by atoms with Gasteiger partial charge < -0.3 is 20.3 Å². The molecule has 0 aliphatic carbocycles. The molecule has 1 aromatic heterocycles. The molecule has 5 nitrogen and oxygen atoms in total. The maximum atomic E-state index is 12.2. The highest BCUT2D eigenvalue weighted by atomic mass is 35.5. The van der Waals surface area contributed by atoms with Gasteiger partial charge in [0.15, 0.2) is 0 Å². The third-order valence-electron chi connectivity index (χ3n) is 4.32. The lowest BCUT2D eigenvalue weighted by Crippen LogP contribution is -2.37. The number of benzene rings is 1. The second-order valence-corrected chi connectivity index (χ2v) is 6.53. The molecular weight excluding hydrogens is 314 g/mol. The van der Waals surface area contributed by atoms with E-state index in [0.717, 1.165) is 49.8 Å². The van der Waals surface area contributed by atoms with E-state index in [1.54, 1.807) is 0 Å². The third kappa shape index (κ3) is 4.25. The van der Waals surface area contributed by atoms with Crippen LogP contribution < -0.4 is 5.32 Å². The van der Waals surface area contributed by atoms with Gasteiger partial charge in [0.25, 0.3) is 5.91 Å². The van der Waals surface area contributed by atoms with E-state index < -0.39 is 0 Å². The minimum absolute atomic E-state index is 0.0913. The van der Waals surface area contributed by atoms with Crippen molar-refractivity contribution in [1.82, 2.24) is 15.2 Å². The molecule has 124 valence electrons. The molecule has 1 aromatic carbocycles. The zero-order chi connectivity index (χ0) is 16.2. The van der Waals surface area contributed by atoms with Crippen molar-refractivity contribution >= 4 is 28.4 Å². The molecule has 1 fully saturated rings. The Hall–Kier alpha value is -1.56. The number of fused-ring (bicyclic) bond motifs is 1. The first-order valence-corrected chi connectivity index (χ1v) is 8.46. The van der Waals surface area contributed by atoms with Gasteiger partial charge in [-0.1, -0.05) is 17.7 Å². The highest BCUT2D eigenvalue weighted by molar-refractivity contribution is 6.31. The number of aliphatic hydroxyl groups excluding tert-OH is 1. The first-order chi connectivity index (χ1) is 11.1. The number of carbonyl (C=O) groups excluding carboxylic acids is 1. The fourth-order valence-electron chi connectivity index (χ4n) is 2.96. The summed E-state index contributed by atoms with van der Waals surface area (Å²) >= 11 is 5.95. The quantitative estimate of drug-likeness (QED) is 0.735. The second-order valence-electron chi connectivity index (χ2n) is 6.10. The highest BCUT2D eigenvalue weighted by Gasteiger charge is 2.16. The van der Waals surface area contributed by atoms with E-state index in [4.69, 9.17) is 11.6 Å². The van der Waals surface area contributed by atoms with E-state index in [-0.39, 0.29) is 12.0 Å². The van der Waals surface area contributed by atoms with Crippen molar-refractivity contribution in [1.29, 1.82) is 0 Å². The number of halogens is 1. The molecular formula is C17H22ClN3O2. The van der Waals surface area contributed by atoms with Crippen molar-refractivity contribution in [3.8, 4) is 0 Å². The second kappa shape index (κ2) is 7.34. The number of aromatic amines is 1. The SMILES string of the molecule is O=C(NCCCN1CCC(O)CC1)c1cc2ccc(Cl)cc2[nH]1. The topological polar surface area (TPSA) is 68.4 Å². The Morgan fingerprint density at radius 3 is 2.91 bits per heavy atom. The van der Waals surface area contributed by atoms with E-state index in [9.17, 15) is 9.90 Å². The van der Waals surface area contributed by atoms with E-state index >= 15 is 0 Å². The van der Waals surface area contributed by atoms with Gasteiger partial charge in [-0.3, -0.25) is 4.79 Å². The number of carbonyl (C=O) groups is 1. The molecule has 0 bridgehead atoms. The van der Waals surface area contributed by atoms with Crippen LogP contribution in [-0.2, 0) is 0 Å². The summed E-state index contributed by atoms with van der Waals surface area (Å²) in [6.07, 6.45) is 2.48. The normalized spacial score (nSPS) is 16.8. The Labute approximate surface area is 140 Å². The predicted octanol–water partition coefficient (Wildman–Crippen LogP) is 2.40. The lowest BCUT2D eigenvalue weighted by atomic mass is 10.1. The van der Waals surface area contributed by atoms with Crippen LogP contribution in [0, 0.1) is 0 Å². The molecule has 0 spiro atoms. The number of hydrogen-bond acceptors (Lipinski definition) is 3. The molecule has 1 amide bonds. The number of H-pyrrole nitrogens is 1. The van der Waals surface area contributed by atoms with Gasteiger partial charge in [-0.2, -0.15) is 0 Å². The maximum absolute atomic E-state index is 12.2. The Morgan fingerprint density at radius 2 is 2.13 bits per heavy atom. The molecule has 0 saturated carbocycles. The van der Waals surface area contributed by atoms with Crippen LogP contribution in [0.2, 0.25) is 5.02 Å². The summed E-state index contributed by atoms with van der Waals surface area (Å²) in [5, 5.41) is 14.1. The molecule has 2 heterocycles. The first-order valence-electron chi connectivity index (χ1n) is 8.09. The standard InChI is InChI=1S/C17H22ClN3O2/c18-13-3-2-12-10-16(20-15(12)11-13)17(23)19-6-1-7-21-8-4-14(22)5-9-21/h2-3,10-11,14,20,22H,1,4-9H2,(H,19,23). The van der Waals surface area contributed by atoms with Crippen molar-refractivity contribution in [3.05, 3.63) is 35.0 Å². The molecule has 23 heavy (non-hydrogen) atoms. The Bertz CT molecular complexity index is 678. The number of aromatic nitrogens is 1. The van der Waals surface area contributed by atoms with E-state index in [2.05, 4.69) is 15.2 Å². The summed E-state index contributed by atoms with van der Waals surface area (Å²) in [6.45, 7) is 3.49. The Balaban J connectivity index is 1.45. The third-order valence-corrected chi connectivity index (χ3v) is 4.56. The van der Waals surface area contributed by atoms with Gasteiger partial charge in [0, 0.05) is 35.6 Å².